The Kier molecular flexibility index (Phi) is 4.93. The number of benzene rings is 1. The molecule has 2 amide bonds. The molecule has 1 fully saturated rings. The molecule has 126 valence electrons. The second kappa shape index (κ2) is 6.57. The number of carbonyl (C=O) groups is 2. The number of amides is 2. The van der Waals surface area contributed by atoms with Gasteiger partial charge in [-0.05, 0) is 24.6 Å². The molecule has 2 rings (SSSR count). The highest BCUT2D eigenvalue weighted by Crippen LogP contribution is 2.38. The summed E-state index contributed by atoms with van der Waals surface area (Å²) in [5.74, 6) is -1.42. The molecule has 1 heterocycles. The van der Waals surface area contributed by atoms with Gasteiger partial charge < -0.3 is 4.90 Å². The molecular weight excluding hydrogens is 313 g/mol. The van der Waals surface area contributed by atoms with Gasteiger partial charge in [-0.25, -0.2) is 5.48 Å². The highest BCUT2D eigenvalue weighted by Gasteiger charge is 2.43. The van der Waals surface area contributed by atoms with Crippen LogP contribution in [0.25, 0.3) is 0 Å². The molecule has 0 aromatic heterocycles. The minimum Gasteiger partial charge on any atom is -0.338 e. The van der Waals surface area contributed by atoms with Crippen molar-refractivity contribution < 1.29 is 27.6 Å². The van der Waals surface area contributed by atoms with Crippen molar-refractivity contribution >= 4 is 11.8 Å². The minimum atomic E-state index is -4.43. The quantitative estimate of drug-likeness (QED) is 0.862. The van der Waals surface area contributed by atoms with Gasteiger partial charge in [-0.3, -0.25) is 14.4 Å². The lowest BCUT2D eigenvalue weighted by Crippen LogP contribution is -2.34. The van der Waals surface area contributed by atoms with Gasteiger partial charge in [0.2, 0.25) is 11.8 Å². The number of carbonyl (C=O) groups excluding carboxylic acids is 2. The van der Waals surface area contributed by atoms with Crippen LogP contribution in [-0.2, 0) is 20.6 Å². The Hall–Kier alpha value is -2.09. The van der Waals surface area contributed by atoms with E-state index in [0.29, 0.717) is 5.56 Å². The van der Waals surface area contributed by atoms with Crippen molar-refractivity contribution in [3.05, 3.63) is 35.4 Å². The summed E-state index contributed by atoms with van der Waals surface area (Å²) in [6.07, 6.45) is -4.44. The molecule has 0 saturated carbocycles. The van der Waals surface area contributed by atoms with Gasteiger partial charge in [-0.2, -0.15) is 13.2 Å². The lowest BCUT2D eigenvalue weighted by Gasteiger charge is -2.25. The summed E-state index contributed by atoms with van der Waals surface area (Å²) in [4.78, 5) is 30.2. The maximum Gasteiger partial charge on any atom is 0.416 e. The van der Waals surface area contributed by atoms with E-state index in [4.69, 9.17) is 4.84 Å². The maximum absolute atomic E-state index is 12.6. The van der Waals surface area contributed by atoms with E-state index >= 15 is 0 Å². The Morgan fingerprint density at radius 3 is 2.48 bits per heavy atom. The average molecular weight is 330 g/mol. The third-order valence-electron chi connectivity index (χ3n) is 3.82. The number of alkyl halides is 3. The predicted octanol–water partition coefficient (Wildman–Crippen LogP) is 2.29. The highest BCUT2D eigenvalue weighted by atomic mass is 19.4. The van der Waals surface area contributed by atoms with Gasteiger partial charge in [0.1, 0.15) is 0 Å². The third kappa shape index (κ3) is 3.64. The Bertz CT molecular complexity index is 587. The third-order valence-corrected chi connectivity index (χ3v) is 3.82. The average Bonchev–Trinajstić information content (AvgIpc) is 2.80. The molecule has 2 atom stereocenters. The van der Waals surface area contributed by atoms with Crippen LogP contribution >= 0.6 is 0 Å². The molecule has 0 radical (unpaired) electrons. The highest BCUT2D eigenvalue weighted by molar-refractivity contribution is 5.89. The summed E-state index contributed by atoms with van der Waals surface area (Å²) in [5, 5.41) is 0. The maximum atomic E-state index is 12.6. The number of halogens is 3. The lowest BCUT2D eigenvalue weighted by atomic mass is 9.92. The standard InChI is InChI=1S/C15H17F3N2O3/c1-3-23-19-14(22)11-8-12(21)20(2)13(11)9-4-6-10(7-5-9)15(16,17)18/h4-7,11,13H,3,8H2,1-2H3,(H,19,22). The molecule has 1 aromatic carbocycles. The van der Waals surface area contributed by atoms with Gasteiger partial charge in [0.15, 0.2) is 0 Å². The molecule has 1 aliphatic rings. The van der Waals surface area contributed by atoms with Crippen LogP contribution in [0.15, 0.2) is 24.3 Å². The zero-order valence-electron chi connectivity index (χ0n) is 12.7. The first kappa shape index (κ1) is 17.3. The van der Waals surface area contributed by atoms with Crippen molar-refractivity contribution in [3.63, 3.8) is 0 Å². The molecule has 1 saturated heterocycles. The van der Waals surface area contributed by atoms with E-state index in [1.54, 1.807) is 6.92 Å². The molecular formula is C15H17F3N2O3. The van der Waals surface area contributed by atoms with E-state index in [9.17, 15) is 22.8 Å². The second-order valence-electron chi connectivity index (χ2n) is 5.28. The number of nitrogens with one attached hydrogen (secondary N) is 1. The smallest absolute Gasteiger partial charge is 0.338 e. The van der Waals surface area contributed by atoms with Crippen LogP contribution in [-0.4, -0.2) is 30.4 Å². The molecule has 23 heavy (non-hydrogen) atoms. The van der Waals surface area contributed by atoms with Gasteiger partial charge in [-0.15, -0.1) is 0 Å². The summed E-state index contributed by atoms with van der Waals surface area (Å²) >= 11 is 0. The topological polar surface area (TPSA) is 58.6 Å². The van der Waals surface area contributed by atoms with Crippen LogP contribution in [0.5, 0.6) is 0 Å². The van der Waals surface area contributed by atoms with Crippen LogP contribution in [0.1, 0.15) is 30.5 Å². The van der Waals surface area contributed by atoms with Crippen molar-refractivity contribution in [1.29, 1.82) is 0 Å². The fourth-order valence-corrected chi connectivity index (χ4v) is 2.65. The number of rotatable bonds is 4. The minimum absolute atomic E-state index is 0.0128. The van der Waals surface area contributed by atoms with Crippen LogP contribution < -0.4 is 5.48 Å². The van der Waals surface area contributed by atoms with Gasteiger partial charge in [0, 0.05) is 13.5 Å². The molecule has 0 spiro atoms. The van der Waals surface area contributed by atoms with Crippen LogP contribution in [0.2, 0.25) is 0 Å². The molecule has 5 nitrogen and oxygen atoms in total. The lowest BCUT2D eigenvalue weighted by molar-refractivity contribution is -0.139. The molecule has 1 aliphatic heterocycles. The van der Waals surface area contributed by atoms with Crippen molar-refractivity contribution in [3.8, 4) is 0 Å². The monoisotopic (exact) mass is 330 g/mol. The Morgan fingerprint density at radius 1 is 1.35 bits per heavy atom. The van der Waals surface area contributed by atoms with Crippen molar-refractivity contribution in [2.24, 2.45) is 5.92 Å². The van der Waals surface area contributed by atoms with Gasteiger partial charge >= 0.3 is 6.18 Å². The Morgan fingerprint density at radius 2 is 1.96 bits per heavy atom. The molecule has 1 aromatic rings. The number of hydrogen-bond donors (Lipinski definition) is 1. The summed E-state index contributed by atoms with van der Waals surface area (Å²) < 4.78 is 37.9. The predicted molar refractivity (Wildman–Crippen MR) is 74.8 cm³/mol. The first-order valence-corrected chi connectivity index (χ1v) is 7.10. The number of likely N-dealkylation sites (tertiary alicyclic amines) is 1. The first-order chi connectivity index (χ1) is 10.8. The van der Waals surface area contributed by atoms with Gasteiger partial charge in [0.05, 0.1) is 24.1 Å². The van der Waals surface area contributed by atoms with Crippen LogP contribution in [0.3, 0.4) is 0 Å². The molecule has 0 aliphatic carbocycles. The van der Waals surface area contributed by atoms with Gasteiger partial charge in [0.25, 0.3) is 0 Å². The van der Waals surface area contributed by atoms with E-state index in [2.05, 4.69) is 5.48 Å². The first-order valence-electron chi connectivity index (χ1n) is 7.10. The largest absolute Gasteiger partial charge is 0.416 e. The number of nitrogens with zero attached hydrogens (tertiary/aromatic N) is 1. The summed E-state index contributed by atoms with van der Waals surface area (Å²) in [6.45, 7) is 1.97. The van der Waals surface area contributed by atoms with Crippen LogP contribution in [0.4, 0.5) is 13.2 Å². The molecule has 8 heteroatoms. The van der Waals surface area contributed by atoms with Crippen molar-refractivity contribution in [1.82, 2.24) is 10.4 Å². The fraction of sp³-hybridized carbons (Fsp3) is 0.467. The van der Waals surface area contributed by atoms with Crippen LogP contribution in [0, 0.1) is 5.92 Å². The molecule has 2 unspecified atom stereocenters. The van der Waals surface area contributed by atoms with E-state index in [-0.39, 0.29) is 18.9 Å². The summed E-state index contributed by atoms with van der Waals surface area (Å²) in [5.41, 5.74) is 1.95. The van der Waals surface area contributed by atoms with Crippen molar-refractivity contribution in [2.45, 2.75) is 25.6 Å². The SMILES string of the molecule is CCONC(=O)C1CC(=O)N(C)C1c1ccc(C(F)(F)F)cc1. The molecule has 0 bridgehead atoms. The van der Waals surface area contributed by atoms with E-state index < -0.39 is 29.6 Å². The second-order valence-corrected chi connectivity index (χ2v) is 5.28. The summed E-state index contributed by atoms with van der Waals surface area (Å²) in [6, 6.07) is 3.87. The van der Waals surface area contributed by atoms with E-state index in [1.165, 1.54) is 24.1 Å². The summed E-state index contributed by atoms with van der Waals surface area (Å²) in [7, 11) is 1.53. The van der Waals surface area contributed by atoms with Crippen molar-refractivity contribution in [2.75, 3.05) is 13.7 Å². The van der Waals surface area contributed by atoms with Gasteiger partial charge in [-0.1, -0.05) is 12.1 Å². The Labute approximate surface area is 131 Å². The normalized spacial score (nSPS) is 21.6. The number of hydrogen-bond acceptors (Lipinski definition) is 3. The fourth-order valence-electron chi connectivity index (χ4n) is 2.65. The number of hydroxylamine groups is 1. The van der Waals surface area contributed by atoms with E-state index in [1.807, 2.05) is 0 Å². The Balaban J connectivity index is 2.26. The zero-order chi connectivity index (χ0) is 17.2. The van der Waals surface area contributed by atoms with E-state index in [0.717, 1.165) is 12.1 Å². The zero-order valence-corrected chi connectivity index (χ0v) is 12.7. The molecule has 1 N–H and O–H groups in total.